The van der Waals surface area contributed by atoms with Crippen LogP contribution in [0.25, 0.3) is 0 Å². The summed E-state index contributed by atoms with van der Waals surface area (Å²) in [5, 5.41) is 0. The summed E-state index contributed by atoms with van der Waals surface area (Å²) in [5.41, 5.74) is 0. The Bertz CT molecular complexity index is 1200. The smallest absolute Gasteiger partial charge is 0.306 e. The summed E-state index contributed by atoms with van der Waals surface area (Å²) in [6.45, 7) is 6.52. The van der Waals surface area contributed by atoms with Crippen LogP contribution in [-0.2, 0) is 28.6 Å². The quantitative estimate of drug-likeness (QED) is 0.0199. The Hall–Kier alpha value is -2.89. The third kappa shape index (κ3) is 52.1. The third-order valence-corrected chi connectivity index (χ3v) is 12.3. The normalized spacial score (nSPS) is 12.5. The lowest BCUT2D eigenvalue weighted by Gasteiger charge is -2.18. The zero-order valence-electron chi connectivity index (χ0n) is 43.7. The largest absolute Gasteiger partial charge is 0.462 e. The lowest BCUT2D eigenvalue weighted by Crippen LogP contribution is -2.30. The Morgan fingerprint density at radius 3 is 1.03 bits per heavy atom. The Morgan fingerprint density at radius 2 is 0.652 bits per heavy atom. The van der Waals surface area contributed by atoms with E-state index < -0.39 is 6.10 Å². The zero-order valence-corrected chi connectivity index (χ0v) is 43.7. The molecule has 0 amide bonds. The van der Waals surface area contributed by atoms with Crippen LogP contribution in [0.2, 0.25) is 0 Å². The van der Waals surface area contributed by atoms with Crippen LogP contribution < -0.4 is 0 Å². The first-order chi connectivity index (χ1) is 32.5. The minimum absolute atomic E-state index is 0.0831. The van der Waals surface area contributed by atoms with Crippen molar-refractivity contribution in [3.8, 4) is 0 Å². The molecule has 0 saturated carbocycles. The maximum Gasteiger partial charge on any atom is 0.306 e. The number of carbonyl (C=O) groups excluding carboxylic acids is 3. The summed E-state index contributed by atoms with van der Waals surface area (Å²) in [6.07, 6.45) is 67.7. The van der Waals surface area contributed by atoms with Gasteiger partial charge in [0.2, 0.25) is 0 Å². The van der Waals surface area contributed by atoms with E-state index in [1.807, 2.05) is 0 Å². The molecule has 6 heteroatoms. The molecule has 6 nitrogen and oxygen atoms in total. The molecule has 0 aromatic carbocycles. The molecule has 0 aliphatic heterocycles. The van der Waals surface area contributed by atoms with Gasteiger partial charge in [0.25, 0.3) is 0 Å². The van der Waals surface area contributed by atoms with Crippen LogP contribution in [0, 0.1) is 0 Å². The van der Waals surface area contributed by atoms with Gasteiger partial charge in [-0.15, -0.1) is 0 Å². The van der Waals surface area contributed by atoms with E-state index >= 15 is 0 Å². The molecule has 0 spiro atoms. The fourth-order valence-corrected chi connectivity index (χ4v) is 8.07. The summed E-state index contributed by atoms with van der Waals surface area (Å²) in [7, 11) is 0. The SMILES string of the molecule is CC/C=C\C/C=C\CCCCCCCCCC(=O)OCC(COC(=O)CCCCCCC\C=C/C=C\C=C/CCCCCCC)OC(=O)CCCCCCCCCCCCCCCCCC. The molecule has 1 unspecified atom stereocenters. The average molecular weight is 924 g/mol. The lowest BCUT2D eigenvalue weighted by atomic mass is 10.0. The summed E-state index contributed by atoms with van der Waals surface area (Å²) in [6, 6.07) is 0. The number of hydrogen-bond acceptors (Lipinski definition) is 6. The van der Waals surface area contributed by atoms with E-state index in [9.17, 15) is 14.4 Å². The Balaban J connectivity index is 4.40. The number of carbonyl (C=O) groups is 3. The molecule has 0 N–H and O–H groups in total. The highest BCUT2D eigenvalue weighted by atomic mass is 16.6. The molecule has 0 fully saturated rings. The summed E-state index contributed by atoms with van der Waals surface area (Å²) in [5.74, 6) is -0.899. The summed E-state index contributed by atoms with van der Waals surface area (Å²) >= 11 is 0. The van der Waals surface area contributed by atoms with Crippen molar-refractivity contribution in [3.63, 3.8) is 0 Å². The van der Waals surface area contributed by atoms with E-state index in [1.165, 1.54) is 148 Å². The molecule has 0 aliphatic rings. The van der Waals surface area contributed by atoms with E-state index in [1.54, 1.807) is 0 Å². The monoisotopic (exact) mass is 923 g/mol. The minimum Gasteiger partial charge on any atom is -0.462 e. The van der Waals surface area contributed by atoms with Gasteiger partial charge in [0.05, 0.1) is 0 Å². The molecule has 382 valence electrons. The van der Waals surface area contributed by atoms with Gasteiger partial charge in [0, 0.05) is 19.3 Å². The number of unbranched alkanes of at least 4 members (excludes halogenated alkanes) is 32. The summed E-state index contributed by atoms with van der Waals surface area (Å²) < 4.78 is 16.8. The second-order valence-electron chi connectivity index (χ2n) is 18.9. The van der Waals surface area contributed by atoms with Crippen molar-refractivity contribution < 1.29 is 28.6 Å². The second kappa shape index (κ2) is 54.7. The van der Waals surface area contributed by atoms with Gasteiger partial charge in [-0.3, -0.25) is 14.4 Å². The lowest BCUT2D eigenvalue weighted by molar-refractivity contribution is -0.167. The molecule has 0 aliphatic carbocycles. The first-order valence-corrected chi connectivity index (χ1v) is 28.3. The maximum atomic E-state index is 12.8. The van der Waals surface area contributed by atoms with Crippen LogP contribution in [0.5, 0.6) is 0 Å². The third-order valence-electron chi connectivity index (χ3n) is 12.3. The number of allylic oxidation sites excluding steroid dienone is 10. The van der Waals surface area contributed by atoms with Crippen molar-refractivity contribution >= 4 is 17.9 Å². The highest BCUT2D eigenvalue weighted by Gasteiger charge is 2.19. The number of rotatable bonds is 51. The fraction of sp³-hybridized carbons (Fsp3) is 0.783. The maximum absolute atomic E-state index is 12.8. The molecule has 0 heterocycles. The van der Waals surface area contributed by atoms with Crippen molar-refractivity contribution in [2.24, 2.45) is 0 Å². The second-order valence-corrected chi connectivity index (χ2v) is 18.9. The molecule has 0 saturated heterocycles. The fourth-order valence-electron chi connectivity index (χ4n) is 8.07. The Kier molecular flexibility index (Phi) is 52.3. The molecule has 0 radical (unpaired) electrons. The Labute approximate surface area is 409 Å². The van der Waals surface area contributed by atoms with Gasteiger partial charge in [-0.1, -0.05) is 255 Å². The molecular formula is C60H106O6. The van der Waals surface area contributed by atoms with Crippen LogP contribution in [0.4, 0.5) is 0 Å². The van der Waals surface area contributed by atoms with Gasteiger partial charge in [0.1, 0.15) is 13.2 Å². The molecular weight excluding hydrogens is 817 g/mol. The summed E-state index contributed by atoms with van der Waals surface area (Å²) in [4.78, 5) is 38.1. The molecule has 0 bridgehead atoms. The minimum atomic E-state index is -0.784. The van der Waals surface area contributed by atoms with Crippen molar-refractivity contribution in [2.75, 3.05) is 13.2 Å². The van der Waals surface area contributed by atoms with Crippen LogP contribution >= 0.6 is 0 Å². The van der Waals surface area contributed by atoms with Crippen molar-refractivity contribution in [3.05, 3.63) is 60.8 Å². The van der Waals surface area contributed by atoms with Gasteiger partial charge in [-0.2, -0.15) is 0 Å². The Morgan fingerprint density at radius 1 is 0.333 bits per heavy atom. The molecule has 0 aromatic heterocycles. The van der Waals surface area contributed by atoms with Gasteiger partial charge in [-0.25, -0.2) is 0 Å². The van der Waals surface area contributed by atoms with E-state index in [4.69, 9.17) is 14.2 Å². The molecule has 0 aromatic rings. The topological polar surface area (TPSA) is 78.9 Å². The highest BCUT2D eigenvalue weighted by Crippen LogP contribution is 2.16. The average Bonchev–Trinajstić information content (AvgIpc) is 3.31. The number of esters is 3. The van der Waals surface area contributed by atoms with Gasteiger partial charge in [0.15, 0.2) is 6.10 Å². The number of ether oxygens (including phenoxy) is 3. The highest BCUT2D eigenvalue weighted by molar-refractivity contribution is 5.71. The molecule has 1 atom stereocenters. The molecule has 66 heavy (non-hydrogen) atoms. The first kappa shape index (κ1) is 63.1. The van der Waals surface area contributed by atoms with E-state index in [-0.39, 0.29) is 31.1 Å². The predicted octanol–water partition coefficient (Wildman–Crippen LogP) is 18.8. The number of hydrogen-bond donors (Lipinski definition) is 0. The van der Waals surface area contributed by atoms with Crippen LogP contribution in [0.3, 0.4) is 0 Å². The van der Waals surface area contributed by atoms with Gasteiger partial charge in [-0.05, 0) is 70.6 Å². The van der Waals surface area contributed by atoms with Crippen LogP contribution in [-0.4, -0.2) is 37.2 Å². The van der Waals surface area contributed by atoms with E-state index in [0.29, 0.717) is 19.3 Å². The van der Waals surface area contributed by atoms with E-state index in [0.717, 1.165) is 96.3 Å². The van der Waals surface area contributed by atoms with Crippen LogP contribution in [0.1, 0.15) is 284 Å². The van der Waals surface area contributed by atoms with Crippen molar-refractivity contribution in [1.82, 2.24) is 0 Å². The van der Waals surface area contributed by atoms with Crippen molar-refractivity contribution in [2.45, 2.75) is 290 Å². The van der Waals surface area contributed by atoms with E-state index in [2.05, 4.69) is 81.5 Å². The first-order valence-electron chi connectivity index (χ1n) is 28.3. The molecule has 0 rings (SSSR count). The van der Waals surface area contributed by atoms with Gasteiger partial charge < -0.3 is 14.2 Å². The standard InChI is InChI=1S/C60H106O6/c1-4-7-10-13-16-19-22-25-28-30-31-33-35-38-41-44-47-50-53-59(62)65-56-57(55-64-58(61)52-49-46-43-40-37-34-27-24-21-18-15-12-9-6-3)66-60(63)54-51-48-45-42-39-36-32-29-26-23-20-17-14-11-8-5-2/h9,12,18,21-22,25,28,30-31,33,57H,4-8,10-11,13-17,19-20,23-24,26-27,29,32,34-56H2,1-3H3/b12-9-,21-18-,25-22-,30-28-,33-31-. The zero-order chi connectivity index (χ0) is 47.9. The van der Waals surface area contributed by atoms with Crippen molar-refractivity contribution in [1.29, 1.82) is 0 Å². The predicted molar refractivity (Wildman–Crippen MR) is 284 cm³/mol. The van der Waals surface area contributed by atoms with Crippen LogP contribution in [0.15, 0.2) is 60.8 Å². The van der Waals surface area contributed by atoms with Gasteiger partial charge >= 0.3 is 17.9 Å².